The summed E-state index contributed by atoms with van der Waals surface area (Å²) in [5.41, 5.74) is 3.06. The van der Waals surface area contributed by atoms with E-state index in [0.717, 1.165) is 17.7 Å². The van der Waals surface area contributed by atoms with Gasteiger partial charge in [-0.3, -0.25) is 57.5 Å². The summed E-state index contributed by atoms with van der Waals surface area (Å²) in [7, 11) is 7.64. The number of quaternary nitrogens is 1. The number of halogens is 1. The number of aliphatic hydroxyl groups excluding tert-OH is 1. The van der Waals surface area contributed by atoms with E-state index >= 15 is 33.2 Å². The van der Waals surface area contributed by atoms with Crippen molar-refractivity contribution >= 4 is 81.3 Å². The van der Waals surface area contributed by atoms with Crippen LogP contribution in [0.5, 0.6) is 5.75 Å². The molecule has 28 heteroatoms. The first-order valence-electron chi connectivity index (χ1n) is 39.8. The maximum atomic E-state index is 16.3. The number of aryl methyl sites for hydroxylation is 2. The molecule has 618 valence electrons. The Labute approximate surface area is 667 Å². The first-order chi connectivity index (χ1) is 54.0. The van der Waals surface area contributed by atoms with Crippen molar-refractivity contribution in [3.8, 4) is 5.75 Å². The summed E-state index contributed by atoms with van der Waals surface area (Å²) in [6.07, 6.45) is -1.03. The van der Waals surface area contributed by atoms with Gasteiger partial charge in [-0.25, -0.2) is 4.39 Å². The van der Waals surface area contributed by atoms with Crippen LogP contribution in [-0.2, 0) is 117 Å². The summed E-state index contributed by atoms with van der Waals surface area (Å²) in [6, 6.07) is 17.7. The lowest BCUT2D eigenvalue weighted by Gasteiger charge is -2.37. The Morgan fingerprint density at radius 1 is 0.693 bits per heavy atom. The van der Waals surface area contributed by atoms with Crippen molar-refractivity contribution in [2.45, 2.75) is 204 Å². The van der Waals surface area contributed by atoms with Crippen LogP contribution in [0.4, 0.5) is 4.39 Å². The van der Waals surface area contributed by atoms with Gasteiger partial charge in [-0.15, -0.1) is 0 Å². The smallest absolute Gasteiger partial charge is 0.246 e. The second-order valence-corrected chi connectivity index (χ2v) is 32.2. The number of ketones is 4. The predicted octanol–water partition coefficient (Wildman–Crippen LogP) is 5.74. The molecule has 12 bridgehead atoms. The molecule has 6 N–H and O–H groups in total. The minimum atomic E-state index is -1.83. The van der Waals surface area contributed by atoms with Crippen LogP contribution in [0.25, 0.3) is 10.9 Å². The van der Waals surface area contributed by atoms with Gasteiger partial charge in [0.2, 0.25) is 47.3 Å². The molecule has 2 saturated heterocycles. The average molecular weight is 1580 g/mol. The molecule has 114 heavy (non-hydrogen) atoms. The number of aliphatic hydroxyl groups is 1. The molecule has 11 rings (SSSR count). The summed E-state index contributed by atoms with van der Waals surface area (Å²) in [4.78, 5) is 184. The number of methoxy groups -OCH3 is 1. The van der Waals surface area contributed by atoms with Crippen LogP contribution in [0.2, 0.25) is 0 Å². The molecule has 0 saturated carbocycles. The molecule has 2 fully saturated rings. The summed E-state index contributed by atoms with van der Waals surface area (Å²) in [5.74, 6) is -10.1. The van der Waals surface area contributed by atoms with E-state index in [4.69, 9.17) is 18.9 Å². The van der Waals surface area contributed by atoms with Crippen molar-refractivity contribution in [3.05, 3.63) is 144 Å². The lowest BCUT2D eigenvalue weighted by molar-refractivity contribution is -0.870. The second kappa shape index (κ2) is 41.1. The molecule has 10 atom stereocenters. The van der Waals surface area contributed by atoms with E-state index in [1.165, 1.54) is 42.9 Å². The number of carbonyl (C=O) groups excluding carboxylic acids is 12. The van der Waals surface area contributed by atoms with Crippen LogP contribution in [0.15, 0.2) is 97.2 Å². The van der Waals surface area contributed by atoms with E-state index in [0.29, 0.717) is 102 Å². The van der Waals surface area contributed by atoms with Gasteiger partial charge in [-0.05, 0) is 142 Å². The second-order valence-electron chi connectivity index (χ2n) is 32.2. The Balaban J connectivity index is 0.0000149. The van der Waals surface area contributed by atoms with Crippen LogP contribution >= 0.6 is 0 Å². The summed E-state index contributed by atoms with van der Waals surface area (Å²) in [5, 5.41) is 26.1. The number of Topliss-reactive ketones (excluding diaryl/α,β-unsaturated/α-hetero) is 4. The van der Waals surface area contributed by atoms with Gasteiger partial charge in [-0.1, -0.05) is 67.6 Å². The van der Waals surface area contributed by atoms with E-state index in [2.05, 4.69) is 26.6 Å². The molecular formula is C86H115FN10O17. The highest BCUT2D eigenvalue weighted by Gasteiger charge is 2.49. The quantitative estimate of drug-likeness (QED) is 0.0389. The normalized spacial score (nSPS) is 24.6. The molecule has 8 amide bonds. The third kappa shape index (κ3) is 24.2. The number of benzene rings is 4. The van der Waals surface area contributed by atoms with Crippen molar-refractivity contribution in [1.29, 1.82) is 0 Å². The molecule has 0 unspecified atom stereocenters. The van der Waals surface area contributed by atoms with Gasteiger partial charge in [0.05, 0.1) is 78.5 Å². The van der Waals surface area contributed by atoms with Crippen molar-refractivity contribution < 1.29 is 90.5 Å². The first-order valence-corrected chi connectivity index (χ1v) is 39.8. The number of carbonyl (C=O) groups is 12. The Hall–Kier alpha value is -9.61. The molecule has 27 nitrogen and oxygen atoms in total. The van der Waals surface area contributed by atoms with Gasteiger partial charge in [-0.2, -0.15) is 0 Å². The van der Waals surface area contributed by atoms with Crippen molar-refractivity contribution in [2.75, 3.05) is 87.5 Å². The number of hydrogen-bond donors (Lipinski definition) is 6. The molecule has 1 aromatic heterocycles. The first kappa shape index (κ1) is 88.3. The standard InChI is InChI=1S/C85H111FN10O17.CH3/c1-54-43-65(99)25-30-76(103)93-35-9-8-34-92-52-62(67-49-63(86)23-29-71(67)92)47-61-48-72(100)69(89-80(105)68(88-79(54)104)28-24-64(98)32-39-111-41-42-112-40-38-96(4,5)6)46-59-14-10-15-60(44-59)50-87-75(102)53-113-73-31-37-94(83(61)108)78(73)82(107)91-77(55(2)97)81(106)90-70(45-57-21-26-66(110-7)27-22-57)84(109)95-36-12-33-85(95,3)74(101)16-11-13-56-17-19-58(51-93)20-18-56;/h10,14-15,17-23,26-27,29,44,49,52,54-55,61,68-70,73,77-78,97H,8-9,11-13,16,24-25,28,30-43,45-48,50-51,53H2,1-7H3,(H4-,87,88,89,90,91,102,104,105,106,107);1H3/q;-1/p+1/t54-,55-,61-,68-,69+,70+,73+,77+,78+,85+;/m1./s1. The Morgan fingerprint density at radius 2 is 1.41 bits per heavy atom. The zero-order valence-electron chi connectivity index (χ0n) is 67.2. The maximum absolute atomic E-state index is 16.3. The molecule has 6 aliphatic heterocycles. The van der Waals surface area contributed by atoms with Gasteiger partial charge in [0.1, 0.15) is 60.5 Å². The largest absolute Gasteiger partial charge is 0.497 e. The fourth-order valence-corrected chi connectivity index (χ4v) is 15.7. The fourth-order valence-electron chi connectivity index (χ4n) is 15.7. The number of nitrogens with zero attached hydrogens (tertiary/aromatic N) is 5. The monoisotopic (exact) mass is 1580 g/mol. The number of hydrogen-bond acceptors (Lipinski definition) is 17. The molecule has 6 aliphatic rings. The van der Waals surface area contributed by atoms with Crippen molar-refractivity contribution in [3.63, 3.8) is 0 Å². The number of aromatic nitrogens is 1. The highest BCUT2D eigenvalue weighted by molar-refractivity contribution is 6.00. The topological polar surface area (TPSA) is 337 Å². The minimum absolute atomic E-state index is 0. The fraction of sp³-hybridized carbons (Fsp3) is 0.547. The number of fused-ring (bicyclic) bond motifs is 16. The lowest BCUT2D eigenvalue weighted by Crippen LogP contribution is -2.62. The van der Waals surface area contributed by atoms with Gasteiger partial charge < -0.3 is 81.8 Å². The van der Waals surface area contributed by atoms with Crippen LogP contribution in [0.1, 0.15) is 144 Å². The van der Waals surface area contributed by atoms with Crippen LogP contribution in [0, 0.1) is 25.1 Å². The molecule has 4 aromatic carbocycles. The van der Waals surface area contributed by atoms with Crippen molar-refractivity contribution in [1.82, 2.24) is 45.9 Å². The Morgan fingerprint density at radius 3 is 2.15 bits per heavy atom. The minimum Gasteiger partial charge on any atom is -0.497 e. The van der Waals surface area contributed by atoms with E-state index in [9.17, 15) is 33.9 Å². The highest BCUT2D eigenvalue weighted by Crippen LogP contribution is 2.35. The number of amides is 8. The number of ether oxygens (including phenoxy) is 4. The number of likely N-dealkylation sites (N-methyl/N-ethyl adjacent to an activating group) is 1. The van der Waals surface area contributed by atoms with Gasteiger partial charge in [0.15, 0.2) is 11.6 Å². The Bertz CT molecular complexity index is 4240. The summed E-state index contributed by atoms with van der Waals surface area (Å²) in [6.45, 7) is 6.35. The SMILES string of the molecule is COc1ccc(C[C@@H]2NC(=O)[C@H]([C@@H](C)O)NC(=O)[C@@H]3[C@@H]4CCN3C(=O)[C@H]3CC(=O)[C@H](Cc5cccc(c5)CNC(=O)CO4)NC(=O)[C@@H](CCC(=O)CCOCCOCC[N+](C)(C)C)NC(=O)[C@H](C)CC(=O)CCC(=O)N(CCCCn4cc(c5cc(F)ccc54)C3)Cc3ccc(cc3)CCCC(=O)[C@]3(C)CCCN3C2=O)cc1.[CH3-]. The molecule has 0 aliphatic carbocycles. The molecule has 0 spiro atoms. The average Bonchev–Trinajstić information content (AvgIpc) is 1.62. The van der Waals surface area contributed by atoms with Gasteiger partial charge in [0, 0.05) is 120 Å². The van der Waals surface area contributed by atoms with Crippen molar-refractivity contribution in [2.24, 2.45) is 11.8 Å². The van der Waals surface area contributed by atoms with E-state index in [1.807, 2.05) is 50.0 Å². The molecule has 5 aromatic rings. The maximum Gasteiger partial charge on any atom is 0.246 e. The molecule has 0 radical (unpaired) electrons. The van der Waals surface area contributed by atoms with Crippen LogP contribution < -0.4 is 31.3 Å². The van der Waals surface area contributed by atoms with Gasteiger partial charge in [0.25, 0.3) is 0 Å². The summed E-state index contributed by atoms with van der Waals surface area (Å²) >= 11 is 0. The molecular weight excluding hydrogens is 1460 g/mol. The zero-order valence-corrected chi connectivity index (χ0v) is 67.2. The number of nitrogens with one attached hydrogen (secondary N) is 5. The lowest BCUT2D eigenvalue weighted by atomic mass is 9.88. The van der Waals surface area contributed by atoms with Crippen LogP contribution in [0.3, 0.4) is 0 Å². The van der Waals surface area contributed by atoms with Gasteiger partial charge >= 0.3 is 0 Å². The predicted molar refractivity (Wildman–Crippen MR) is 423 cm³/mol. The summed E-state index contributed by atoms with van der Waals surface area (Å²) < 4.78 is 41.7. The Kier molecular flexibility index (Phi) is 31.9. The number of rotatable bonds is 16. The van der Waals surface area contributed by atoms with E-state index in [-0.39, 0.29) is 141 Å². The third-order valence-electron chi connectivity index (χ3n) is 22.4. The zero-order chi connectivity index (χ0) is 81.1. The van der Waals surface area contributed by atoms with E-state index in [1.54, 1.807) is 72.6 Å². The third-order valence-corrected chi connectivity index (χ3v) is 22.4. The van der Waals surface area contributed by atoms with Crippen LogP contribution in [-0.4, -0.2) is 235 Å². The van der Waals surface area contributed by atoms with E-state index < -0.39 is 132 Å². The molecule has 7 heterocycles. The highest BCUT2D eigenvalue weighted by atomic mass is 19.1.